The number of nitrogens with two attached hydrogens (primary N) is 1. The van der Waals surface area contributed by atoms with Crippen LogP contribution >= 0.6 is 8.58 Å². The summed E-state index contributed by atoms with van der Waals surface area (Å²) >= 11 is 0. The number of allylic oxidation sites excluding steroid dienone is 4. The van der Waals surface area contributed by atoms with Gasteiger partial charge in [0.25, 0.3) is 0 Å². The number of carbonyl (C=O) groups is 2. The molecule has 0 aliphatic heterocycles. The van der Waals surface area contributed by atoms with Gasteiger partial charge in [-0.3, -0.25) is 9.59 Å². The molecule has 0 amide bonds. The Morgan fingerprint density at radius 1 is 0.480 bits per heavy atom. The van der Waals surface area contributed by atoms with Crippen LogP contribution < -0.4 is 5.73 Å². The van der Waals surface area contributed by atoms with Gasteiger partial charge in [0.1, 0.15) is 0 Å². The summed E-state index contributed by atoms with van der Waals surface area (Å²) in [4.78, 5) is 24.2. The normalized spacial score (nSPS) is 12.8. The number of unbranched alkanes of at least 4 members (excludes halogenated alkanes) is 24. The van der Waals surface area contributed by atoms with Gasteiger partial charge in [-0.1, -0.05) is 174 Å². The van der Waals surface area contributed by atoms with E-state index in [1.54, 1.807) is 0 Å². The van der Waals surface area contributed by atoms with Gasteiger partial charge in [-0.15, -0.1) is 0 Å². The molecule has 4 nitrogen and oxygen atoms in total. The minimum Gasteiger partial charge on any atom is -0.389 e. The van der Waals surface area contributed by atoms with Crippen molar-refractivity contribution < 1.29 is 14.7 Å². The van der Waals surface area contributed by atoms with E-state index in [1.807, 2.05) is 6.92 Å². The summed E-state index contributed by atoms with van der Waals surface area (Å²) in [5, 5.41) is 9.73. The van der Waals surface area contributed by atoms with Crippen LogP contribution in [0.25, 0.3) is 0 Å². The van der Waals surface area contributed by atoms with Crippen LogP contribution in [0.15, 0.2) is 24.3 Å². The Bertz CT molecular complexity index is 711. The molecule has 1 atom stereocenters. The van der Waals surface area contributed by atoms with E-state index in [-0.39, 0.29) is 19.6 Å². The Kier molecular flexibility index (Phi) is 43.7. The lowest BCUT2D eigenvalue weighted by Crippen LogP contribution is -2.36. The highest BCUT2D eigenvalue weighted by molar-refractivity contribution is 7.73. The Hall–Kier alpha value is -0.830. The van der Waals surface area contributed by atoms with Crippen molar-refractivity contribution in [3.8, 4) is 0 Å². The predicted molar refractivity (Wildman–Crippen MR) is 226 cm³/mol. The molecule has 0 aromatic rings. The highest BCUT2D eigenvalue weighted by Crippen LogP contribution is 2.22. The number of rotatable bonds is 38. The molecular formula is C45H88NO3P. The van der Waals surface area contributed by atoms with Crippen LogP contribution in [0.5, 0.6) is 0 Å². The summed E-state index contributed by atoms with van der Waals surface area (Å²) in [6.45, 7) is 9.08. The fourth-order valence-corrected chi connectivity index (χ4v) is 7.03. The lowest BCUT2D eigenvalue weighted by atomic mass is 9.94. The van der Waals surface area contributed by atoms with Gasteiger partial charge in [-0.2, -0.15) is 0 Å². The molecule has 0 aliphatic carbocycles. The van der Waals surface area contributed by atoms with Crippen molar-refractivity contribution in [1.29, 1.82) is 0 Å². The minimum absolute atomic E-state index is 0.0943. The van der Waals surface area contributed by atoms with E-state index in [0.717, 1.165) is 44.9 Å². The molecule has 3 N–H and O–H groups in total. The quantitative estimate of drug-likeness (QED) is 0.0378. The van der Waals surface area contributed by atoms with Crippen molar-refractivity contribution in [1.82, 2.24) is 0 Å². The first-order valence-electron chi connectivity index (χ1n) is 21.9. The summed E-state index contributed by atoms with van der Waals surface area (Å²) in [6, 6.07) is 0. The molecule has 0 saturated heterocycles. The van der Waals surface area contributed by atoms with E-state index in [9.17, 15) is 14.7 Å². The van der Waals surface area contributed by atoms with Gasteiger partial charge in [0.15, 0.2) is 11.0 Å². The van der Waals surface area contributed by atoms with Gasteiger partial charge in [0.05, 0.1) is 5.60 Å². The number of hydrogen-bond acceptors (Lipinski definition) is 4. The number of aliphatic hydroxyl groups is 1. The fourth-order valence-electron chi connectivity index (χ4n) is 6.12. The van der Waals surface area contributed by atoms with Crippen LogP contribution in [0.1, 0.15) is 240 Å². The van der Waals surface area contributed by atoms with E-state index in [1.165, 1.54) is 154 Å². The first-order chi connectivity index (χ1) is 24.4. The van der Waals surface area contributed by atoms with E-state index in [4.69, 9.17) is 5.73 Å². The molecule has 0 aromatic heterocycles. The summed E-state index contributed by atoms with van der Waals surface area (Å²) < 4.78 is 0. The lowest BCUT2D eigenvalue weighted by molar-refractivity contribution is -0.113. The van der Waals surface area contributed by atoms with Crippen molar-refractivity contribution in [2.45, 2.75) is 245 Å². The van der Waals surface area contributed by atoms with Gasteiger partial charge in [0.2, 0.25) is 0 Å². The van der Waals surface area contributed by atoms with Crippen molar-refractivity contribution in [3.05, 3.63) is 24.3 Å². The van der Waals surface area contributed by atoms with Crippen LogP contribution in [-0.4, -0.2) is 28.3 Å². The third-order valence-corrected chi connectivity index (χ3v) is 11.0. The van der Waals surface area contributed by atoms with Gasteiger partial charge < -0.3 is 10.8 Å². The molecule has 5 heteroatoms. The maximum atomic E-state index is 12.1. The average molecular weight is 722 g/mol. The monoisotopic (exact) mass is 722 g/mol. The Morgan fingerprint density at radius 2 is 0.780 bits per heavy atom. The molecule has 1 unspecified atom stereocenters. The van der Waals surface area contributed by atoms with Crippen LogP contribution in [0, 0.1) is 0 Å². The van der Waals surface area contributed by atoms with E-state index in [2.05, 4.69) is 45.1 Å². The molecule has 0 aromatic carbocycles. The van der Waals surface area contributed by atoms with Gasteiger partial charge in [-0.05, 0) is 77.0 Å². The topological polar surface area (TPSA) is 80.4 Å². The Labute approximate surface area is 315 Å². The average Bonchev–Trinajstić information content (AvgIpc) is 3.11. The summed E-state index contributed by atoms with van der Waals surface area (Å²) in [7, 11) is -0.0943. The highest BCUT2D eigenvalue weighted by Gasteiger charge is 2.21. The largest absolute Gasteiger partial charge is 0.389 e. The maximum Gasteiger partial charge on any atom is 0.158 e. The molecular weight excluding hydrogens is 633 g/mol. The van der Waals surface area contributed by atoms with E-state index < -0.39 is 5.60 Å². The molecule has 0 rings (SSSR count). The third-order valence-electron chi connectivity index (χ3n) is 9.89. The molecule has 0 fully saturated rings. The zero-order valence-corrected chi connectivity index (χ0v) is 35.2. The van der Waals surface area contributed by atoms with Gasteiger partial charge >= 0.3 is 0 Å². The van der Waals surface area contributed by atoms with Crippen molar-refractivity contribution >= 4 is 19.6 Å². The van der Waals surface area contributed by atoms with Gasteiger partial charge in [-0.25, -0.2) is 0 Å². The summed E-state index contributed by atoms with van der Waals surface area (Å²) in [5.41, 5.74) is 5.23. The second-order valence-electron chi connectivity index (χ2n) is 14.9. The SMILES string of the molecule is CCCCCC(O)(CC)CN.CCCCCCCC/C=C\CCCCCCCC(=O)PC(=O)CCCCCCC/C=C\CCCCCCCC. The molecule has 0 bridgehead atoms. The first-order valence-corrected chi connectivity index (χ1v) is 22.9. The van der Waals surface area contributed by atoms with Crippen LogP contribution in [0.2, 0.25) is 0 Å². The third kappa shape index (κ3) is 41.6. The van der Waals surface area contributed by atoms with Crippen LogP contribution in [-0.2, 0) is 9.59 Å². The minimum atomic E-state index is -0.588. The van der Waals surface area contributed by atoms with Crippen molar-refractivity contribution in [2.24, 2.45) is 5.73 Å². The molecule has 0 aliphatic rings. The number of hydrogen-bond donors (Lipinski definition) is 2. The second-order valence-corrected chi connectivity index (χ2v) is 16.2. The van der Waals surface area contributed by atoms with Crippen molar-refractivity contribution in [3.63, 3.8) is 0 Å². The highest BCUT2D eigenvalue weighted by atomic mass is 31.1. The zero-order valence-electron chi connectivity index (χ0n) is 34.2. The molecule has 0 radical (unpaired) electrons. The Morgan fingerprint density at radius 3 is 1.10 bits per heavy atom. The first kappa shape index (κ1) is 51.3. The van der Waals surface area contributed by atoms with Crippen LogP contribution in [0.4, 0.5) is 0 Å². The lowest BCUT2D eigenvalue weighted by Gasteiger charge is -2.24. The predicted octanol–water partition coefficient (Wildman–Crippen LogP) is 14.5. The molecule has 50 heavy (non-hydrogen) atoms. The van der Waals surface area contributed by atoms with E-state index >= 15 is 0 Å². The molecule has 0 spiro atoms. The molecule has 0 heterocycles. The second kappa shape index (κ2) is 42.6. The van der Waals surface area contributed by atoms with E-state index in [0.29, 0.717) is 19.4 Å². The van der Waals surface area contributed by atoms with Crippen LogP contribution in [0.3, 0.4) is 0 Å². The Balaban J connectivity index is 0. The molecule has 0 saturated carbocycles. The smallest absolute Gasteiger partial charge is 0.158 e. The standard InChI is InChI=1S/C36H67O2P.C9H21NO/c1-3-5-7-9-11-13-15-17-19-21-23-25-27-29-31-33-35(37)39-36(38)34-32-30-28-26-24-22-20-18-16-14-12-10-8-6-4-2;1-3-5-6-7-9(11,4-2)8-10/h17-20,39H,3-16,21-34H2,1-2H3;11H,3-8,10H2,1-2H3/b19-17-,20-18-;. The summed E-state index contributed by atoms with van der Waals surface area (Å²) in [6.07, 6.45) is 48.8. The maximum absolute atomic E-state index is 12.1. The summed E-state index contributed by atoms with van der Waals surface area (Å²) in [5.74, 6) is 0. The van der Waals surface area contributed by atoms with Crippen molar-refractivity contribution in [2.75, 3.05) is 6.54 Å². The van der Waals surface area contributed by atoms with Gasteiger partial charge in [0, 0.05) is 28.0 Å². The fraction of sp³-hybridized carbons (Fsp3) is 0.867. The number of carbonyl (C=O) groups excluding carboxylic acids is 2. The molecule has 296 valence electrons. The zero-order chi connectivity index (χ0) is 37.2.